The standard InChI is InChI=1S/C46H51O6P/c1-27-23-29(3)41(30(4)24-27)33-15-11-16-34(42-31(5)25-28(2)26-32(42)6)45(33)46(53(47)48)35(43-37(49-7)19-13-20-38(43)50-8)17-12-18-36(46)44-39(51-9)21-14-22-40(44)52-10/h11,13-16,19-26,35-36H,12,17-18H2,1-10H3. The topological polar surface area (TPSA) is 71.1 Å². The number of hydrogen-bond acceptors (Lipinski definition) is 6. The molecule has 0 amide bonds. The predicted octanol–water partition coefficient (Wildman–Crippen LogP) is 12.0. The summed E-state index contributed by atoms with van der Waals surface area (Å²) in [5.74, 6) is 1.20. The van der Waals surface area contributed by atoms with Crippen LogP contribution in [0.3, 0.4) is 0 Å². The number of ether oxygens (including phenoxy) is 4. The molecule has 1 aliphatic carbocycles. The summed E-state index contributed by atoms with van der Waals surface area (Å²) < 4.78 is 55.0. The lowest BCUT2D eigenvalue weighted by Crippen LogP contribution is -2.40. The molecular weight excluding hydrogens is 679 g/mol. The van der Waals surface area contributed by atoms with E-state index in [-0.39, 0.29) is 0 Å². The van der Waals surface area contributed by atoms with E-state index in [9.17, 15) is 0 Å². The van der Waals surface area contributed by atoms with E-state index in [1.807, 2.05) is 36.4 Å². The number of rotatable bonds is 10. The lowest BCUT2D eigenvalue weighted by atomic mass is 9.60. The largest absolute Gasteiger partial charge is 0.496 e. The smallest absolute Gasteiger partial charge is 0.327 e. The predicted molar refractivity (Wildman–Crippen MR) is 214 cm³/mol. The molecule has 276 valence electrons. The van der Waals surface area contributed by atoms with Crippen molar-refractivity contribution >= 4 is 7.68 Å². The number of hydrogen-bond donors (Lipinski definition) is 0. The first kappa shape index (κ1) is 37.9. The third-order valence-electron chi connectivity index (χ3n) is 11.3. The molecule has 53 heavy (non-hydrogen) atoms. The van der Waals surface area contributed by atoms with Gasteiger partial charge in [-0.15, -0.1) is 0 Å². The molecule has 2 atom stereocenters. The molecule has 1 aliphatic rings. The van der Waals surface area contributed by atoms with Crippen molar-refractivity contribution in [2.45, 2.75) is 77.8 Å². The molecule has 0 heterocycles. The second kappa shape index (κ2) is 15.3. The van der Waals surface area contributed by atoms with Gasteiger partial charge >= 0.3 is 7.68 Å². The van der Waals surface area contributed by atoms with Crippen LogP contribution in [-0.2, 0) is 14.3 Å². The number of benzene rings is 5. The van der Waals surface area contributed by atoms with Crippen LogP contribution in [0.1, 0.15) is 81.2 Å². The van der Waals surface area contributed by atoms with Crippen LogP contribution in [-0.4, -0.2) is 28.4 Å². The van der Waals surface area contributed by atoms with Crippen LogP contribution in [0.5, 0.6) is 23.0 Å². The SMILES string of the molecule is COc1cccc(OC)c1C1CCCC(c2c(OC)cccc2OC)C1(c1c(-c2c(C)cc(C)cc2C)cccc1-c1c(C)cc(C)cc1C)P(=O)=O. The molecule has 1 saturated carbocycles. The molecule has 7 heteroatoms. The van der Waals surface area contributed by atoms with Gasteiger partial charge in [0.05, 0.1) is 28.4 Å². The monoisotopic (exact) mass is 730 g/mol. The van der Waals surface area contributed by atoms with Crippen LogP contribution >= 0.6 is 7.68 Å². The molecule has 0 spiro atoms. The zero-order valence-electron chi connectivity index (χ0n) is 32.7. The lowest BCUT2D eigenvalue weighted by Gasteiger charge is -2.48. The van der Waals surface area contributed by atoms with E-state index in [1.54, 1.807) is 28.4 Å². The lowest BCUT2D eigenvalue weighted by molar-refractivity contribution is 0.260. The van der Waals surface area contributed by atoms with Gasteiger partial charge in [-0.2, -0.15) is 0 Å². The van der Waals surface area contributed by atoms with E-state index in [0.717, 1.165) is 78.7 Å². The molecule has 2 unspecified atom stereocenters. The first-order valence-corrected chi connectivity index (χ1v) is 19.5. The van der Waals surface area contributed by atoms with Gasteiger partial charge in [-0.3, -0.25) is 0 Å². The highest BCUT2D eigenvalue weighted by Crippen LogP contribution is 2.70. The summed E-state index contributed by atoms with van der Waals surface area (Å²) in [5, 5.41) is -1.54. The minimum atomic E-state index is -3.26. The zero-order chi connectivity index (χ0) is 38.2. The Kier molecular flexibility index (Phi) is 10.9. The summed E-state index contributed by atoms with van der Waals surface area (Å²) in [6.45, 7) is 12.7. The summed E-state index contributed by atoms with van der Waals surface area (Å²) in [6.07, 6.45) is 1.92. The fourth-order valence-corrected chi connectivity index (χ4v) is 11.1. The molecular formula is C46H51O6P. The van der Waals surface area contributed by atoms with E-state index in [0.29, 0.717) is 35.8 Å². The average molecular weight is 731 g/mol. The van der Waals surface area contributed by atoms with Gasteiger partial charge in [-0.05, 0) is 129 Å². The fourth-order valence-electron chi connectivity index (χ4n) is 9.69. The van der Waals surface area contributed by atoms with Crippen molar-refractivity contribution in [2.24, 2.45) is 0 Å². The fraction of sp³-hybridized carbons (Fsp3) is 0.348. The average Bonchev–Trinajstić information content (AvgIpc) is 3.13. The van der Waals surface area contributed by atoms with Crippen molar-refractivity contribution < 1.29 is 28.1 Å². The summed E-state index contributed by atoms with van der Waals surface area (Å²) in [5.41, 5.74) is 12.8. The van der Waals surface area contributed by atoms with Crippen molar-refractivity contribution in [3.05, 3.63) is 129 Å². The van der Waals surface area contributed by atoms with Crippen LogP contribution < -0.4 is 18.9 Å². The van der Waals surface area contributed by atoms with Crippen molar-refractivity contribution in [3.8, 4) is 45.3 Å². The Bertz CT molecular complexity index is 2010. The van der Waals surface area contributed by atoms with Gasteiger partial charge in [-0.25, -0.2) is 9.13 Å². The van der Waals surface area contributed by atoms with E-state index in [2.05, 4.69) is 84.0 Å². The Morgan fingerprint density at radius 1 is 0.528 bits per heavy atom. The molecule has 0 radical (unpaired) electrons. The summed E-state index contributed by atoms with van der Waals surface area (Å²) >= 11 is 0. The Morgan fingerprint density at radius 3 is 1.15 bits per heavy atom. The molecule has 0 bridgehead atoms. The van der Waals surface area contributed by atoms with Crippen LogP contribution in [0.15, 0.2) is 78.9 Å². The van der Waals surface area contributed by atoms with Crippen molar-refractivity contribution in [2.75, 3.05) is 28.4 Å². The maximum absolute atomic E-state index is 15.3. The maximum Gasteiger partial charge on any atom is 0.327 e. The van der Waals surface area contributed by atoms with Gasteiger partial charge in [0.25, 0.3) is 0 Å². The van der Waals surface area contributed by atoms with Gasteiger partial charge in [0, 0.05) is 23.0 Å². The first-order chi connectivity index (χ1) is 25.4. The van der Waals surface area contributed by atoms with Gasteiger partial charge < -0.3 is 18.9 Å². The highest BCUT2D eigenvalue weighted by molar-refractivity contribution is 7.32. The number of methoxy groups -OCH3 is 4. The van der Waals surface area contributed by atoms with Crippen LogP contribution in [0.4, 0.5) is 0 Å². The highest BCUT2D eigenvalue weighted by atomic mass is 31.1. The molecule has 1 fully saturated rings. The van der Waals surface area contributed by atoms with Crippen molar-refractivity contribution in [1.82, 2.24) is 0 Å². The molecule has 5 aromatic rings. The Balaban J connectivity index is 1.93. The molecule has 0 N–H and O–H groups in total. The second-order valence-corrected chi connectivity index (χ2v) is 15.8. The van der Waals surface area contributed by atoms with E-state index in [4.69, 9.17) is 18.9 Å². The number of aryl methyl sites for hydroxylation is 6. The molecule has 6 rings (SSSR count). The third-order valence-corrected chi connectivity index (χ3v) is 12.8. The quantitative estimate of drug-likeness (QED) is 0.133. The molecule has 5 aromatic carbocycles. The Labute approximate surface area is 315 Å². The van der Waals surface area contributed by atoms with Gasteiger partial charge in [0.2, 0.25) is 0 Å². The van der Waals surface area contributed by atoms with E-state index < -0.39 is 24.7 Å². The van der Waals surface area contributed by atoms with Gasteiger partial charge in [0.15, 0.2) is 0 Å². The highest BCUT2D eigenvalue weighted by Gasteiger charge is 2.59. The zero-order valence-corrected chi connectivity index (χ0v) is 33.6. The Morgan fingerprint density at radius 2 is 0.849 bits per heavy atom. The minimum absolute atomic E-state index is 0.583. The molecule has 6 nitrogen and oxygen atoms in total. The third kappa shape index (κ3) is 6.35. The second-order valence-electron chi connectivity index (χ2n) is 14.5. The molecule has 0 aromatic heterocycles. The minimum Gasteiger partial charge on any atom is -0.496 e. The van der Waals surface area contributed by atoms with E-state index >= 15 is 9.13 Å². The van der Waals surface area contributed by atoms with Crippen LogP contribution in [0.2, 0.25) is 0 Å². The van der Waals surface area contributed by atoms with Crippen molar-refractivity contribution in [3.63, 3.8) is 0 Å². The van der Waals surface area contributed by atoms with Crippen LogP contribution in [0.25, 0.3) is 22.3 Å². The van der Waals surface area contributed by atoms with E-state index in [1.165, 1.54) is 0 Å². The van der Waals surface area contributed by atoms with Crippen LogP contribution in [0, 0.1) is 41.5 Å². The first-order valence-electron chi connectivity index (χ1n) is 18.3. The van der Waals surface area contributed by atoms with Gasteiger partial charge in [-0.1, -0.05) is 72.1 Å². The Hall–Kier alpha value is -4.80. The molecule has 0 aliphatic heterocycles. The van der Waals surface area contributed by atoms with Crippen molar-refractivity contribution in [1.29, 1.82) is 0 Å². The summed E-state index contributed by atoms with van der Waals surface area (Å²) in [4.78, 5) is 0. The summed E-state index contributed by atoms with van der Waals surface area (Å²) in [6, 6.07) is 26.5. The molecule has 0 saturated heterocycles. The maximum atomic E-state index is 15.3. The summed E-state index contributed by atoms with van der Waals surface area (Å²) in [7, 11) is 3.29. The van der Waals surface area contributed by atoms with Gasteiger partial charge in [0.1, 0.15) is 28.2 Å². The normalized spacial score (nSPS) is 18.4.